The van der Waals surface area contributed by atoms with Crippen LogP contribution in [0.4, 0.5) is 0 Å². The first-order chi connectivity index (χ1) is 10.6. The molecule has 1 unspecified atom stereocenters. The van der Waals surface area contributed by atoms with Crippen LogP contribution in [0.15, 0.2) is 45.7 Å². The Balaban J connectivity index is 1.69. The minimum atomic E-state index is -1.17. The molecule has 0 aliphatic carbocycles. The summed E-state index contributed by atoms with van der Waals surface area (Å²) in [4.78, 5) is 14.8. The molecule has 1 aromatic heterocycles. The van der Waals surface area contributed by atoms with E-state index in [0.717, 1.165) is 36.4 Å². The summed E-state index contributed by atoms with van der Waals surface area (Å²) < 4.78 is 18.0. The van der Waals surface area contributed by atoms with E-state index in [0.29, 0.717) is 11.5 Å². The fourth-order valence-corrected chi connectivity index (χ4v) is 3.74. The molecule has 1 saturated heterocycles. The number of hydrogen-bond donors (Lipinski definition) is 0. The van der Waals surface area contributed by atoms with Gasteiger partial charge in [-0.15, -0.1) is 0 Å². The first kappa shape index (κ1) is 15.0. The first-order valence-electron chi connectivity index (χ1n) is 7.46. The monoisotopic (exact) mass is 317 g/mol. The molecular formula is C17H19NO3S. The summed E-state index contributed by atoms with van der Waals surface area (Å²) in [5.41, 5.74) is 1.08. The van der Waals surface area contributed by atoms with E-state index in [9.17, 15) is 9.00 Å². The van der Waals surface area contributed by atoms with Gasteiger partial charge in [0.25, 0.3) is 5.91 Å². The summed E-state index contributed by atoms with van der Waals surface area (Å²) in [7, 11) is -1.17. The second kappa shape index (κ2) is 6.48. The number of furan rings is 1. The summed E-state index contributed by atoms with van der Waals surface area (Å²) in [6, 6.07) is 11.1. The van der Waals surface area contributed by atoms with Crippen molar-refractivity contribution in [3.63, 3.8) is 0 Å². The third-order valence-electron chi connectivity index (χ3n) is 3.79. The predicted molar refractivity (Wildman–Crippen MR) is 85.1 cm³/mol. The highest BCUT2D eigenvalue weighted by atomic mass is 32.2. The zero-order chi connectivity index (χ0) is 15.5. The van der Waals surface area contributed by atoms with Crippen LogP contribution >= 0.6 is 0 Å². The van der Waals surface area contributed by atoms with E-state index in [1.54, 1.807) is 17.0 Å². The van der Waals surface area contributed by atoms with Crippen molar-refractivity contribution in [1.82, 2.24) is 4.90 Å². The molecule has 0 saturated carbocycles. The molecule has 0 bridgehead atoms. The Labute approximate surface area is 132 Å². The second-order valence-corrected chi connectivity index (χ2v) is 7.02. The molecule has 1 fully saturated rings. The number of hydrogen-bond acceptors (Lipinski definition) is 3. The Kier molecular flexibility index (Phi) is 4.43. The van der Waals surface area contributed by atoms with Crippen molar-refractivity contribution in [1.29, 1.82) is 0 Å². The van der Waals surface area contributed by atoms with Gasteiger partial charge in [-0.2, -0.15) is 0 Å². The van der Waals surface area contributed by atoms with Gasteiger partial charge in [-0.05, 0) is 49.6 Å². The zero-order valence-corrected chi connectivity index (χ0v) is 13.4. The van der Waals surface area contributed by atoms with Crippen molar-refractivity contribution in [2.45, 2.75) is 30.4 Å². The number of likely N-dealkylation sites (tertiary alicyclic amines) is 1. The summed E-state index contributed by atoms with van der Waals surface area (Å²) in [6.45, 7) is 3.56. The molecule has 116 valence electrons. The van der Waals surface area contributed by atoms with Crippen molar-refractivity contribution >= 4 is 16.7 Å². The Morgan fingerprint density at radius 2 is 2.00 bits per heavy atom. The van der Waals surface area contributed by atoms with Gasteiger partial charge in [-0.25, -0.2) is 0 Å². The lowest BCUT2D eigenvalue weighted by Crippen LogP contribution is -2.27. The van der Waals surface area contributed by atoms with Crippen LogP contribution in [-0.2, 0) is 16.6 Å². The van der Waals surface area contributed by atoms with Crippen LogP contribution in [0.25, 0.3) is 0 Å². The molecule has 5 heteroatoms. The highest BCUT2D eigenvalue weighted by Crippen LogP contribution is 2.18. The Morgan fingerprint density at radius 1 is 1.23 bits per heavy atom. The van der Waals surface area contributed by atoms with Gasteiger partial charge in [-0.3, -0.25) is 9.00 Å². The lowest BCUT2D eigenvalue weighted by atomic mass is 10.2. The molecule has 1 aromatic carbocycles. The van der Waals surface area contributed by atoms with Crippen LogP contribution in [0.3, 0.4) is 0 Å². The smallest absolute Gasteiger partial charge is 0.289 e. The zero-order valence-electron chi connectivity index (χ0n) is 12.6. The van der Waals surface area contributed by atoms with Gasteiger partial charge in [0.2, 0.25) is 0 Å². The average Bonchev–Trinajstić information content (AvgIpc) is 3.18. The second-order valence-electron chi connectivity index (χ2n) is 5.57. The van der Waals surface area contributed by atoms with Gasteiger partial charge in [0.05, 0.1) is 16.6 Å². The molecule has 1 aliphatic rings. The molecule has 2 aromatic rings. The van der Waals surface area contributed by atoms with Crippen molar-refractivity contribution in [2.24, 2.45) is 0 Å². The number of aryl methyl sites for hydroxylation is 1. The molecule has 1 atom stereocenters. The van der Waals surface area contributed by atoms with Gasteiger partial charge in [0, 0.05) is 18.0 Å². The van der Waals surface area contributed by atoms with Gasteiger partial charge < -0.3 is 9.32 Å². The van der Waals surface area contributed by atoms with E-state index in [4.69, 9.17) is 4.42 Å². The summed E-state index contributed by atoms with van der Waals surface area (Å²) >= 11 is 0. The maximum Gasteiger partial charge on any atom is 0.289 e. The fourth-order valence-electron chi connectivity index (χ4n) is 2.62. The Bertz CT molecular complexity index is 701. The van der Waals surface area contributed by atoms with Crippen LogP contribution in [0, 0.1) is 6.92 Å². The number of rotatable bonds is 4. The standard InChI is InChI=1S/C17H19NO3S/c1-13-5-4-6-15(11-13)22(20)12-14-7-8-16(21-14)17(19)18-9-2-3-10-18/h4-8,11H,2-3,9-10,12H2,1H3. The quantitative estimate of drug-likeness (QED) is 0.870. The van der Waals surface area contributed by atoms with Crippen molar-refractivity contribution < 1.29 is 13.4 Å². The molecule has 22 heavy (non-hydrogen) atoms. The van der Waals surface area contributed by atoms with Crippen LogP contribution < -0.4 is 0 Å². The van der Waals surface area contributed by atoms with E-state index in [-0.39, 0.29) is 11.7 Å². The van der Waals surface area contributed by atoms with Crippen molar-refractivity contribution in [2.75, 3.05) is 13.1 Å². The first-order valence-corrected chi connectivity index (χ1v) is 8.78. The van der Waals surface area contributed by atoms with E-state index in [2.05, 4.69) is 0 Å². The fraction of sp³-hybridized carbons (Fsp3) is 0.353. The van der Waals surface area contributed by atoms with Crippen LogP contribution in [0.2, 0.25) is 0 Å². The lowest BCUT2D eigenvalue weighted by Gasteiger charge is -2.12. The minimum Gasteiger partial charge on any atom is -0.455 e. The maximum absolute atomic E-state index is 12.4. The maximum atomic E-state index is 12.4. The highest BCUT2D eigenvalue weighted by molar-refractivity contribution is 7.84. The number of nitrogens with zero attached hydrogens (tertiary/aromatic N) is 1. The largest absolute Gasteiger partial charge is 0.455 e. The van der Waals surface area contributed by atoms with Crippen molar-refractivity contribution in [3.05, 3.63) is 53.5 Å². The SMILES string of the molecule is Cc1cccc(S(=O)Cc2ccc(C(=O)N3CCCC3)o2)c1. The predicted octanol–water partition coefficient (Wildman–Crippen LogP) is 3.13. The van der Waals surface area contributed by atoms with Gasteiger partial charge >= 0.3 is 0 Å². The third-order valence-corrected chi connectivity index (χ3v) is 5.12. The van der Waals surface area contributed by atoms with E-state index in [1.165, 1.54) is 0 Å². The Hall–Kier alpha value is -1.88. The molecule has 0 spiro atoms. The molecule has 0 N–H and O–H groups in total. The molecular weight excluding hydrogens is 298 g/mol. The Morgan fingerprint density at radius 3 is 2.73 bits per heavy atom. The van der Waals surface area contributed by atoms with Gasteiger partial charge in [-0.1, -0.05) is 12.1 Å². The third kappa shape index (κ3) is 3.30. The summed E-state index contributed by atoms with van der Waals surface area (Å²) in [5, 5.41) is 0. The van der Waals surface area contributed by atoms with Gasteiger partial charge in [0.15, 0.2) is 5.76 Å². The topological polar surface area (TPSA) is 50.5 Å². The molecule has 1 aliphatic heterocycles. The van der Waals surface area contributed by atoms with Crippen LogP contribution in [-0.4, -0.2) is 28.1 Å². The molecule has 3 rings (SSSR count). The van der Waals surface area contributed by atoms with E-state index >= 15 is 0 Å². The number of carbonyl (C=O) groups is 1. The van der Waals surface area contributed by atoms with Crippen molar-refractivity contribution in [3.8, 4) is 0 Å². The molecule has 0 radical (unpaired) electrons. The molecule has 4 nitrogen and oxygen atoms in total. The normalized spacial score (nSPS) is 16.0. The molecule has 2 heterocycles. The summed E-state index contributed by atoms with van der Waals surface area (Å²) in [5.74, 6) is 1.15. The van der Waals surface area contributed by atoms with E-state index in [1.807, 2.05) is 31.2 Å². The van der Waals surface area contributed by atoms with E-state index < -0.39 is 10.8 Å². The average molecular weight is 317 g/mol. The summed E-state index contributed by atoms with van der Waals surface area (Å²) in [6.07, 6.45) is 2.10. The number of carbonyl (C=O) groups excluding carboxylic acids is 1. The minimum absolute atomic E-state index is 0.0647. The lowest BCUT2D eigenvalue weighted by molar-refractivity contribution is 0.0759. The van der Waals surface area contributed by atoms with Crippen LogP contribution in [0.5, 0.6) is 0 Å². The number of amides is 1. The number of benzene rings is 1. The highest BCUT2D eigenvalue weighted by Gasteiger charge is 2.22. The van der Waals surface area contributed by atoms with Crippen LogP contribution in [0.1, 0.15) is 34.7 Å². The van der Waals surface area contributed by atoms with Gasteiger partial charge in [0.1, 0.15) is 5.76 Å². The molecule has 1 amide bonds.